The van der Waals surface area contributed by atoms with Crippen molar-refractivity contribution in [3.8, 4) is 16.9 Å². The van der Waals surface area contributed by atoms with Crippen LogP contribution in [-0.4, -0.2) is 25.3 Å². The normalized spacial score (nSPS) is 13.2. The summed E-state index contributed by atoms with van der Waals surface area (Å²) in [4.78, 5) is 0. The molecule has 0 radical (unpaired) electrons. The molecule has 0 fully saturated rings. The Labute approximate surface area is 151 Å². The number of aryl methyl sites for hydroxylation is 1. The summed E-state index contributed by atoms with van der Waals surface area (Å²) in [5, 5.41) is 9.62. The fourth-order valence-corrected chi connectivity index (χ4v) is 3.61. The second-order valence-corrected chi connectivity index (χ2v) is 8.95. The molecule has 0 saturated heterocycles. The zero-order valence-electron chi connectivity index (χ0n) is 15.3. The number of hydrogen-bond donors (Lipinski definition) is 2. The van der Waals surface area contributed by atoms with Crippen molar-refractivity contribution in [2.75, 3.05) is 6.54 Å². The van der Waals surface area contributed by atoms with Gasteiger partial charge in [0.15, 0.2) is 0 Å². The number of aromatic hydroxyl groups is 1. The minimum absolute atomic E-state index is 0.0712. The fourth-order valence-electron chi connectivity index (χ4n) is 2.80. The molecule has 25 heavy (non-hydrogen) atoms. The van der Waals surface area contributed by atoms with Crippen LogP contribution in [0.3, 0.4) is 0 Å². The summed E-state index contributed by atoms with van der Waals surface area (Å²) in [5.41, 5.74) is 4.07. The third-order valence-corrected chi connectivity index (χ3v) is 6.29. The van der Waals surface area contributed by atoms with Crippen LogP contribution in [0.15, 0.2) is 42.5 Å². The van der Waals surface area contributed by atoms with Crippen molar-refractivity contribution in [1.29, 1.82) is 0 Å². The highest BCUT2D eigenvalue weighted by Gasteiger charge is 2.18. The summed E-state index contributed by atoms with van der Waals surface area (Å²) in [6.45, 7) is 7.83. The largest absolute Gasteiger partial charge is 0.507 e. The van der Waals surface area contributed by atoms with E-state index in [4.69, 9.17) is 0 Å². The highest BCUT2D eigenvalue weighted by atomic mass is 32.2. The monoisotopic (exact) mass is 361 g/mol. The Morgan fingerprint density at radius 3 is 2.36 bits per heavy atom. The van der Waals surface area contributed by atoms with Crippen LogP contribution in [0.4, 0.5) is 0 Å². The molecule has 0 aliphatic rings. The first kappa shape index (κ1) is 19.5. The van der Waals surface area contributed by atoms with Gasteiger partial charge >= 0.3 is 0 Å². The van der Waals surface area contributed by atoms with Gasteiger partial charge in [0.1, 0.15) is 5.75 Å². The van der Waals surface area contributed by atoms with Crippen molar-refractivity contribution < 1.29 is 13.5 Å². The molecule has 0 aromatic heterocycles. The molecule has 2 aromatic rings. The second kappa shape index (κ2) is 8.02. The number of sulfonamides is 1. The zero-order chi connectivity index (χ0) is 18.6. The van der Waals surface area contributed by atoms with Gasteiger partial charge in [-0.1, -0.05) is 50.2 Å². The van der Waals surface area contributed by atoms with Crippen molar-refractivity contribution in [3.63, 3.8) is 0 Å². The van der Waals surface area contributed by atoms with Gasteiger partial charge in [0, 0.05) is 12.1 Å². The van der Waals surface area contributed by atoms with Crippen LogP contribution in [0.2, 0.25) is 0 Å². The van der Waals surface area contributed by atoms with Gasteiger partial charge in [-0.3, -0.25) is 0 Å². The third-order valence-electron chi connectivity index (χ3n) is 4.48. The van der Waals surface area contributed by atoms with Crippen molar-refractivity contribution in [2.45, 2.75) is 45.3 Å². The molecule has 136 valence electrons. The van der Waals surface area contributed by atoms with Crippen molar-refractivity contribution in [2.24, 2.45) is 0 Å². The summed E-state index contributed by atoms with van der Waals surface area (Å²) in [7, 11) is -3.26. The van der Waals surface area contributed by atoms with Crippen LogP contribution in [0.1, 0.15) is 44.7 Å². The molecule has 0 aliphatic heterocycles. The van der Waals surface area contributed by atoms with Crippen molar-refractivity contribution in [1.82, 2.24) is 4.72 Å². The average Bonchev–Trinajstić information content (AvgIpc) is 2.59. The molecule has 0 spiro atoms. The first-order valence-electron chi connectivity index (χ1n) is 8.66. The second-order valence-electron chi connectivity index (χ2n) is 6.63. The van der Waals surface area contributed by atoms with E-state index in [1.807, 2.05) is 31.2 Å². The first-order chi connectivity index (χ1) is 11.8. The highest BCUT2D eigenvalue weighted by Crippen LogP contribution is 2.32. The number of phenols is 1. The summed E-state index contributed by atoms with van der Waals surface area (Å²) >= 11 is 0. The Kier molecular flexibility index (Phi) is 6.25. The predicted octanol–water partition coefficient (Wildman–Crippen LogP) is 4.05. The van der Waals surface area contributed by atoms with E-state index in [1.165, 1.54) is 0 Å². The van der Waals surface area contributed by atoms with E-state index in [0.717, 1.165) is 28.7 Å². The molecule has 0 bridgehead atoms. The molecule has 1 atom stereocenters. The number of hydrogen-bond acceptors (Lipinski definition) is 3. The van der Waals surface area contributed by atoms with E-state index >= 15 is 0 Å². The number of para-hydroxylation sites is 1. The lowest BCUT2D eigenvalue weighted by Crippen LogP contribution is -2.33. The van der Waals surface area contributed by atoms with Crippen LogP contribution in [0.25, 0.3) is 11.1 Å². The molecule has 4 nitrogen and oxygen atoms in total. The van der Waals surface area contributed by atoms with Gasteiger partial charge in [0.05, 0.1) is 5.25 Å². The summed E-state index contributed by atoms with van der Waals surface area (Å²) < 4.78 is 26.6. The standard InChI is InChI=1S/C20H27NO3S/c1-5-16-12-17(19-8-6-7-9-20(19)22)10-11-18(16)15(4)13-21-25(23,24)14(2)3/h6-12,14-15,21-22H,5,13H2,1-4H3. The van der Waals surface area contributed by atoms with E-state index in [-0.39, 0.29) is 11.7 Å². The SMILES string of the molecule is CCc1cc(-c2ccccc2O)ccc1C(C)CNS(=O)(=O)C(C)C. The van der Waals surface area contributed by atoms with Gasteiger partial charge in [-0.2, -0.15) is 0 Å². The maximum absolute atomic E-state index is 12.0. The van der Waals surface area contributed by atoms with Crippen LogP contribution >= 0.6 is 0 Å². The maximum Gasteiger partial charge on any atom is 0.213 e. The van der Waals surface area contributed by atoms with Gasteiger partial charge in [0.25, 0.3) is 0 Å². The minimum atomic E-state index is -3.26. The Hall–Kier alpha value is -1.85. The molecule has 2 aromatic carbocycles. The van der Waals surface area contributed by atoms with Crippen molar-refractivity contribution >= 4 is 10.0 Å². The van der Waals surface area contributed by atoms with Crippen molar-refractivity contribution in [3.05, 3.63) is 53.6 Å². The topological polar surface area (TPSA) is 66.4 Å². The Bertz CT molecular complexity index is 829. The summed E-state index contributed by atoms with van der Waals surface area (Å²) in [6.07, 6.45) is 0.845. The summed E-state index contributed by atoms with van der Waals surface area (Å²) in [5.74, 6) is 0.331. The molecule has 0 saturated carbocycles. The van der Waals surface area contributed by atoms with Gasteiger partial charge in [-0.15, -0.1) is 0 Å². The molecule has 0 heterocycles. The highest BCUT2D eigenvalue weighted by molar-refractivity contribution is 7.90. The fraction of sp³-hybridized carbons (Fsp3) is 0.400. The van der Waals surface area contributed by atoms with E-state index in [0.29, 0.717) is 6.54 Å². The number of phenolic OH excluding ortho intramolecular Hbond substituents is 1. The Morgan fingerprint density at radius 2 is 1.76 bits per heavy atom. The minimum Gasteiger partial charge on any atom is -0.507 e. The van der Waals surface area contributed by atoms with Gasteiger partial charge in [-0.25, -0.2) is 13.1 Å². The molecule has 2 N–H and O–H groups in total. The predicted molar refractivity (Wildman–Crippen MR) is 103 cm³/mol. The Balaban J connectivity index is 2.26. The van der Waals surface area contributed by atoms with Gasteiger partial charge in [0.2, 0.25) is 10.0 Å². The number of rotatable bonds is 7. The van der Waals surface area contributed by atoms with Gasteiger partial charge in [-0.05, 0) is 48.9 Å². The first-order valence-corrected chi connectivity index (χ1v) is 10.2. The lowest BCUT2D eigenvalue weighted by molar-refractivity contribution is 0.477. The van der Waals surface area contributed by atoms with Crippen LogP contribution in [-0.2, 0) is 16.4 Å². The number of benzene rings is 2. The third kappa shape index (κ3) is 4.61. The smallest absolute Gasteiger partial charge is 0.213 e. The average molecular weight is 362 g/mol. The molecule has 1 unspecified atom stereocenters. The van der Waals surface area contributed by atoms with E-state index in [2.05, 4.69) is 17.7 Å². The van der Waals surface area contributed by atoms with Crippen LogP contribution < -0.4 is 4.72 Å². The molecular weight excluding hydrogens is 334 g/mol. The molecule has 0 amide bonds. The number of nitrogens with one attached hydrogen (secondary N) is 1. The summed E-state index contributed by atoms with van der Waals surface area (Å²) in [6, 6.07) is 13.4. The maximum atomic E-state index is 12.0. The van der Waals surface area contributed by atoms with Crippen LogP contribution in [0.5, 0.6) is 5.75 Å². The van der Waals surface area contributed by atoms with E-state index < -0.39 is 15.3 Å². The lowest BCUT2D eigenvalue weighted by Gasteiger charge is -2.19. The van der Waals surface area contributed by atoms with Gasteiger partial charge < -0.3 is 5.11 Å². The quantitative estimate of drug-likeness (QED) is 0.782. The molecular formula is C20H27NO3S. The lowest BCUT2D eigenvalue weighted by atomic mass is 9.91. The molecule has 2 rings (SSSR count). The Morgan fingerprint density at radius 1 is 1.08 bits per heavy atom. The molecule has 5 heteroatoms. The van der Waals surface area contributed by atoms with Crippen LogP contribution in [0, 0.1) is 0 Å². The zero-order valence-corrected chi connectivity index (χ0v) is 16.1. The van der Waals surface area contributed by atoms with E-state index in [1.54, 1.807) is 26.0 Å². The van der Waals surface area contributed by atoms with E-state index in [9.17, 15) is 13.5 Å². The molecule has 0 aliphatic carbocycles.